The van der Waals surface area contributed by atoms with Crippen molar-refractivity contribution in [3.63, 3.8) is 0 Å². The molecule has 0 radical (unpaired) electrons. The van der Waals surface area contributed by atoms with Crippen molar-refractivity contribution >= 4 is 17.5 Å². The summed E-state index contributed by atoms with van der Waals surface area (Å²) >= 11 is 6.05. The molecule has 1 fully saturated rings. The first-order chi connectivity index (χ1) is 7.63. The maximum atomic E-state index is 12.0. The zero-order valence-corrected chi connectivity index (χ0v) is 11.3. The third kappa shape index (κ3) is 3.65. The summed E-state index contributed by atoms with van der Waals surface area (Å²) in [6.45, 7) is 4.12. The molecule has 0 aromatic rings. The van der Waals surface area contributed by atoms with Crippen LogP contribution < -0.4 is 5.32 Å². The molecule has 0 aromatic carbocycles. The van der Waals surface area contributed by atoms with Crippen molar-refractivity contribution in [2.75, 3.05) is 5.88 Å². The minimum absolute atomic E-state index is 0.112. The topological polar surface area (TPSA) is 29.1 Å². The van der Waals surface area contributed by atoms with Gasteiger partial charge in [-0.1, -0.05) is 39.5 Å². The number of nitrogens with one attached hydrogen (secondary N) is 1. The highest BCUT2D eigenvalue weighted by atomic mass is 35.5. The SMILES string of the molecule is CCCC(C)C(=O)NC1(CCl)CCCCC1. The lowest BCUT2D eigenvalue weighted by molar-refractivity contribution is -0.126. The van der Waals surface area contributed by atoms with Crippen LogP contribution in [0.1, 0.15) is 58.8 Å². The number of amides is 1. The van der Waals surface area contributed by atoms with Crippen LogP contribution in [-0.4, -0.2) is 17.3 Å². The van der Waals surface area contributed by atoms with Gasteiger partial charge in [-0.3, -0.25) is 4.79 Å². The van der Waals surface area contributed by atoms with Gasteiger partial charge in [0.1, 0.15) is 0 Å². The smallest absolute Gasteiger partial charge is 0.223 e. The summed E-state index contributed by atoms with van der Waals surface area (Å²) in [4.78, 5) is 12.0. The van der Waals surface area contributed by atoms with Crippen LogP contribution in [0.4, 0.5) is 0 Å². The zero-order chi connectivity index (χ0) is 12.0. The van der Waals surface area contributed by atoms with E-state index in [-0.39, 0.29) is 17.4 Å². The molecule has 0 aromatic heterocycles. The first kappa shape index (κ1) is 13.8. The minimum atomic E-state index is -0.112. The minimum Gasteiger partial charge on any atom is -0.349 e. The molecule has 16 heavy (non-hydrogen) atoms. The summed E-state index contributed by atoms with van der Waals surface area (Å²) in [5.41, 5.74) is -0.112. The largest absolute Gasteiger partial charge is 0.349 e. The Kier molecular flexibility index (Phi) is 5.60. The van der Waals surface area contributed by atoms with Gasteiger partial charge < -0.3 is 5.32 Å². The van der Waals surface area contributed by atoms with E-state index in [1.165, 1.54) is 19.3 Å². The molecule has 1 saturated carbocycles. The summed E-state index contributed by atoms with van der Waals surface area (Å²) < 4.78 is 0. The van der Waals surface area contributed by atoms with Gasteiger partial charge in [0.15, 0.2) is 0 Å². The Morgan fingerprint density at radius 3 is 2.50 bits per heavy atom. The predicted molar refractivity (Wildman–Crippen MR) is 68.8 cm³/mol. The molecule has 2 nitrogen and oxygen atoms in total. The average Bonchev–Trinajstić information content (AvgIpc) is 2.30. The Bertz CT molecular complexity index is 224. The number of carbonyl (C=O) groups excluding carboxylic acids is 1. The first-order valence-corrected chi connectivity index (χ1v) is 7.05. The van der Waals surface area contributed by atoms with Gasteiger partial charge >= 0.3 is 0 Å². The highest BCUT2D eigenvalue weighted by Crippen LogP contribution is 2.29. The molecule has 1 aliphatic carbocycles. The second kappa shape index (κ2) is 6.48. The molecule has 1 unspecified atom stereocenters. The van der Waals surface area contributed by atoms with E-state index >= 15 is 0 Å². The lowest BCUT2D eigenvalue weighted by Crippen LogP contribution is -2.52. The van der Waals surface area contributed by atoms with Gasteiger partial charge in [-0.05, 0) is 19.3 Å². The van der Waals surface area contributed by atoms with Gasteiger partial charge in [0.05, 0.1) is 5.54 Å². The Morgan fingerprint density at radius 2 is 2.00 bits per heavy atom. The van der Waals surface area contributed by atoms with E-state index in [0.29, 0.717) is 5.88 Å². The Balaban J connectivity index is 2.51. The molecular weight excluding hydrogens is 222 g/mol. The van der Waals surface area contributed by atoms with Crippen molar-refractivity contribution in [1.82, 2.24) is 5.32 Å². The lowest BCUT2D eigenvalue weighted by atomic mass is 9.82. The fraction of sp³-hybridized carbons (Fsp3) is 0.923. The van der Waals surface area contributed by atoms with Gasteiger partial charge in [-0.2, -0.15) is 0 Å². The van der Waals surface area contributed by atoms with Crippen LogP contribution in [0.5, 0.6) is 0 Å². The molecule has 0 heterocycles. The van der Waals surface area contributed by atoms with Crippen molar-refractivity contribution in [3.8, 4) is 0 Å². The van der Waals surface area contributed by atoms with Crippen LogP contribution in [-0.2, 0) is 4.79 Å². The summed E-state index contributed by atoms with van der Waals surface area (Å²) in [6, 6.07) is 0. The highest BCUT2D eigenvalue weighted by Gasteiger charge is 2.33. The highest BCUT2D eigenvalue weighted by molar-refractivity contribution is 6.18. The second-order valence-corrected chi connectivity index (χ2v) is 5.42. The van der Waals surface area contributed by atoms with Crippen LogP contribution in [0.25, 0.3) is 0 Å². The van der Waals surface area contributed by atoms with E-state index in [9.17, 15) is 4.79 Å². The van der Waals surface area contributed by atoms with Gasteiger partial charge in [0, 0.05) is 11.8 Å². The van der Waals surface area contributed by atoms with Crippen molar-refractivity contribution in [2.24, 2.45) is 5.92 Å². The molecule has 1 N–H and O–H groups in total. The quantitative estimate of drug-likeness (QED) is 0.739. The average molecular weight is 246 g/mol. The fourth-order valence-electron chi connectivity index (χ4n) is 2.47. The summed E-state index contributed by atoms with van der Waals surface area (Å²) in [6.07, 6.45) is 7.76. The van der Waals surface area contributed by atoms with Gasteiger partial charge in [0.2, 0.25) is 5.91 Å². The maximum Gasteiger partial charge on any atom is 0.223 e. The molecule has 3 heteroatoms. The van der Waals surface area contributed by atoms with E-state index < -0.39 is 0 Å². The number of rotatable bonds is 5. The Labute approximate surface area is 104 Å². The molecule has 1 rings (SSSR count). The summed E-state index contributed by atoms with van der Waals surface area (Å²) in [5, 5.41) is 3.20. The molecule has 1 aliphatic rings. The monoisotopic (exact) mass is 245 g/mol. The normalized spacial score (nSPS) is 21.4. The molecule has 0 bridgehead atoms. The van der Waals surface area contributed by atoms with E-state index in [4.69, 9.17) is 11.6 Å². The van der Waals surface area contributed by atoms with Crippen molar-refractivity contribution in [2.45, 2.75) is 64.3 Å². The standard InChI is InChI=1S/C13H24ClNO/c1-3-7-11(2)12(16)15-13(10-14)8-5-4-6-9-13/h11H,3-10H2,1-2H3,(H,15,16). The van der Waals surface area contributed by atoms with Crippen LogP contribution in [0, 0.1) is 5.92 Å². The van der Waals surface area contributed by atoms with Gasteiger partial charge in [0.25, 0.3) is 0 Å². The van der Waals surface area contributed by atoms with E-state index in [2.05, 4.69) is 12.2 Å². The first-order valence-electron chi connectivity index (χ1n) is 6.51. The molecular formula is C13H24ClNO. The molecule has 0 saturated heterocycles. The van der Waals surface area contributed by atoms with E-state index in [0.717, 1.165) is 25.7 Å². The maximum absolute atomic E-state index is 12.0. The number of hydrogen-bond acceptors (Lipinski definition) is 1. The van der Waals surface area contributed by atoms with Crippen LogP contribution in [0.2, 0.25) is 0 Å². The predicted octanol–water partition coefficient (Wildman–Crippen LogP) is 3.48. The number of hydrogen-bond donors (Lipinski definition) is 1. The van der Waals surface area contributed by atoms with Gasteiger partial charge in [-0.25, -0.2) is 0 Å². The van der Waals surface area contributed by atoms with E-state index in [1.807, 2.05) is 6.92 Å². The fourth-order valence-corrected chi connectivity index (χ4v) is 2.80. The van der Waals surface area contributed by atoms with Crippen molar-refractivity contribution in [3.05, 3.63) is 0 Å². The van der Waals surface area contributed by atoms with Crippen LogP contribution in [0.15, 0.2) is 0 Å². The molecule has 1 amide bonds. The van der Waals surface area contributed by atoms with Crippen molar-refractivity contribution < 1.29 is 4.79 Å². The van der Waals surface area contributed by atoms with Crippen LogP contribution >= 0.6 is 11.6 Å². The third-order valence-electron chi connectivity index (χ3n) is 3.62. The molecule has 94 valence electrons. The zero-order valence-electron chi connectivity index (χ0n) is 10.5. The molecule has 1 atom stereocenters. The number of halogens is 1. The Morgan fingerprint density at radius 1 is 1.38 bits per heavy atom. The van der Waals surface area contributed by atoms with E-state index in [1.54, 1.807) is 0 Å². The summed E-state index contributed by atoms with van der Waals surface area (Å²) in [7, 11) is 0. The summed E-state index contributed by atoms with van der Waals surface area (Å²) in [5.74, 6) is 0.855. The van der Waals surface area contributed by atoms with Crippen molar-refractivity contribution in [1.29, 1.82) is 0 Å². The van der Waals surface area contributed by atoms with Crippen LogP contribution in [0.3, 0.4) is 0 Å². The number of alkyl halides is 1. The lowest BCUT2D eigenvalue weighted by Gasteiger charge is -2.37. The Hall–Kier alpha value is -0.240. The second-order valence-electron chi connectivity index (χ2n) is 5.15. The van der Waals surface area contributed by atoms with Gasteiger partial charge in [-0.15, -0.1) is 11.6 Å². The molecule has 0 aliphatic heterocycles. The molecule has 0 spiro atoms. The number of carbonyl (C=O) groups is 1. The third-order valence-corrected chi connectivity index (χ3v) is 4.14.